The minimum absolute atomic E-state index is 0.113. The number of carboxylic acids is 1. The molecule has 0 bridgehead atoms. The zero-order valence-electron chi connectivity index (χ0n) is 15.3. The third-order valence-corrected chi connectivity index (χ3v) is 5.24. The van der Waals surface area contributed by atoms with Crippen molar-refractivity contribution in [2.75, 3.05) is 13.7 Å². The highest BCUT2D eigenvalue weighted by atomic mass is 35.5. The summed E-state index contributed by atoms with van der Waals surface area (Å²) in [6.07, 6.45) is 6.88. The van der Waals surface area contributed by atoms with Crippen LogP contribution in [0.15, 0.2) is 52.4 Å². The van der Waals surface area contributed by atoms with Gasteiger partial charge in [0.05, 0.1) is 21.2 Å². The summed E-state index contributed by atoms with van der Waals surface area (Å²) < 4.78 is 5.33. The number of thioether (sulfide) groups is 1. The van der Waals surface area contributed by atoms with E-state index in [9.17, 15) is 9.59 Å². The predicted octanol–water partition coefficient (Wildman–Crippen LogP) is 4.28. The standard InChI is InChI=1S/C21H15ClN2O4S/c1-3-9-28-17-8-7-13(10-16(17)22)11-18-19(25)24(2)21(29-18)23-15-6-4-5-14(12-15)20(26)27/h1,4-8,10-12H,9H2,2H3,(H,26,27)/b18-11-,23-21?. The third-order valence-electron chi connectivity index (χ3n) is 3.89. The summed E-state index contributed by atoms with van der Waals surface area (Å²) in [6, 6.07) is 11.3. The lowest BCUT2D eigenvalue weighted by atomic mass is 10.2. The summed E-state index contributed by atoms with van der Waals surface area (Å²) in [4.78, 5) is 30.0. The highest BCUT2D eigenvalue weighted by Crippen LogP contribution is 2.34. The fourth-order valence-electron chi connectivity index (χ4n) is 2.47. The molecule has 0 spiro atoms. The SMILES string of the molecule is C#CCOc1ccc(/C=C2\SC(=Nc3cccc(C(=O)O)c3)N(C)C2=O)cc1Cl. The van der Waals surface area contributed by atoms with E-state index in [1.807, 2.05) is 0 Å². The lowest BCUT2D eigenvalue weighted by Crippen LogP contribution is -2.23. The normalized spacial score (nSPS) is 16.3. The van der Waals surface area contributed by atoms with E-state index in [0.29, 0.717) is 26.5 Å². The van der Waals surface area contributed by atoms with Gasteiger partial charge in [0.25, 0.3) is 5.91 Å². The molecule has 1 fully saturated rings. The van der Waals surface area contributed by atoms with Crippen molar-refractivity contribution in [3.8, 4) is 18.1 Å². The Morgan fingerprint density at radius 2 is 2.17 bits per heavy atom. The Hall–Kier alpha value is -3.21. The van der Waals surface area contributed by atoms with Crippen molar-refractivity contribution in [1.82, 2.24) is 4.90 Å². The number of carboxylic acid groups (broad SMARTS) is 1. The smallest absolute Gasteiger partial charge is 0.335 e. The first-order valence-corrected chi connectivity index (χ1v) is 9.54. The molecule has 0 unspecified atom stereocenters. The van der Waals surface area contributed by atoms with Gasteiger partial charge >= 0.3 is 5.97 Å². The first-order chi connectivity index (χ1) is 13.9. The van der Waals surface area contributed by atoms with E-state index in [1.54, 1.807) is 43.5 Å². The number of ether oxygens (including phenoxy) is 1. The highest BCUT2D eigenvalue weighted by molar-refractivity contribution is 8.18. The van der Waals surface area contributed by atoms with Crippen molar-refractivity contribution in [2.45, 2.75) is 0 Å². The molecule has 0 aromatic heterocycles. The Bertz CT molecular complexity index is 1090. The average molecular weight is 427 g/mol. The number of hydrogen-bond acceptors (Lipinski definition) is 5. The second-order valence-electron chi connectivity index (χ2n) is 5.91. The summed E-state index contributed by atoms with van der Waals surface area (Å²) in [7, 11) is 1.61. The number of amides is 1. The van der Waals surface area contributed by atoms with Gasteiger partial charge < -0.3 is 9.84 Å². The molecule has 3 rings (SSSR count). The number of benzene rings is 2. The Morgan fingerprint density at radius 3 is 2.86 bits per heavy atom. The molecule has 6 nitrogen and oxygen atoms in total. The van der Waals surface area contributed by atoms with Gasteiger partial charge in [-0.1, -0.05) is 29.7 Å². The molecular formula is C21H15ClN2O4S. The van der Waals surface area contributed by atoms with Crippen molar-refractivity contribution in [3.05, 3.63) is 63.5 Å². The van der Waals surface area contributed by atoms with Gasteiger partial charge in [0.1, 0.15) is 12.4 Å². The Labute approximate surface area is 176 Å². The number of aliphatic imine (C=N–C) groups is 1. The summed E-state index contributed by atoms with van der Waals surface area (Å²) >= 11 is 7.39. The maximum absolute atomic E-state index is 12.6. The molecule has 1 saturated heterocycles. The quantitative estimate of drug-likeness (QED) is 0.570. The number of carbonyl (C=O) groups is 2. The van der Waals surface area contributed by atoms with Crippen LogP contribution in [0.5, 0.6) is 5.75 Å². The lowest BCUT2D eigenvalue weighted by Gasteiger charge is -2.07. The van der Waals surface area contributed by atoms with Gasteiger partial charge in [0.2, 0.25) is 0 Å². The molecule has 146 valence electrons. The zero-order valence-corrected chi connectivity index (χ0v) is 16.8. The fourth-order valence-corrected chi connectivity index (χ4v) is 3.70. The van der Waals surface area contributed by atoms with Crippen molar-refractivity contribution in [3.63, 3.8) is 0 Å². The van der Waals surface area contributed by atoms with Crippen LogP contribution in [0.2, 0.25) is 5.02 Å². The molecule has 1 N–H and O–H groups in total. The molecule has 0 saturated carbocycles. The topological polar surface area (TPSA) is 79.2 Å². The molecule has 1 aliphatic rings. The molecule has 29 heavy (non-hydrogen) atoms. The molecule has 2 aromatic rings. The largest absolute Gasteiger partial charge is 0.479 e. The van der Waals surface area contributed by atoms with Gasteiger partial charge in [-0.2, -0.15) is 0 Å². The first-order valence-electron chi connectivity index (χ1n) is 8.34. The number of carbonyl (C=O) groups excluding carboxylic acids is 1. The number of halogens is 1. The molecular weight excluding hydrogens is 412 g/mol. The van der Waals surface area contributed by atoms with Gasteiger partial charge in [-0.25, -0.2) is 9.79 Å². The minimum Gasteiger partial charge on any atom is -0.479 e. The average Bonchev–Trinajstić information content (AvgIpc) is 2.95. The predicted molar refractivity (Wildman–Crippen MR) is 115 cm³/mol. The van der Waals surface area contributed by atoms with E-state index in [-0.39, 0.29) is 18.1 Å². The second-order valence-corrected chi connectivity index (χ2v) is 7.32. The van der Waals surface area contributed by atoms with Gasteiger partial charge in [-0.05, 0) is 53.7 Å². The van der Waals surface area contributed by atoms with Crippen molar-refractivity contribution >= 4 is 52.2 Å². The lowest BCUT2D eigenvalue weighted by molar-refractivity contribution is -0.121. The molecule has 0 radical (unpaired) electrons. The number of terminal acetylenes is 1. The molecule has 1 amide bonds. The Morgan fingerprint density at radius 1 is 1.38 bits per heavy atom. The number of amidine groups is 1. The molecule has 1 heterocycles. The molecule has 8 heteroatoms. The number of aromatic carboxylic acids is 1. The fraction of sp³-hybridized carbons (Fsp3) is 0.0952. The Kier molecular flexibility index (Phi) is 6.27. The Balaban J connectivity index is 1.85. The summed E-state index contributed by atoms with van der Waals surface area (Å²) in [5, 5.41) is 9.94. The van der Waals surface area contributed by atoms with Gasteiger partial charge in [0, 0.05) is 7.05 Å². The first kappa shape index (κ1) is 20.5. The molecule has 0 atom stereocenters. The van der Waals surface area contributed by atoms with Crippen molar-refractivity contribution in [1.29, 1.82) is 0 Å². The van der Waals surface area contributed by atoms with E-state index >= 15 is 0 Å². The van der Waals surface area contributed by atoms with E-state index in [0.717, 1.165) is 5.56 Å². The molecule has 2 aromatic carbocycles. The summed E-state index contributed by atoms with van der Waals surface area (Å²) in [5.41, 5.74) is 1.30. The maximum atomic E-state index is 12.6. The van der Waals surface area contributed by atoms with E-state index in [4.69, 9.17) is 27.9 Å². The monoisotopic (exact) mass is 426 g/mol. The number of nitrogens with zero attached hydrogens (tertiary/aromatic N) is 2. The van der Waals surface area contributed by atoms with Crippen LogP contribution >= 0.6 is 23.4 Å². The van der Waals surface area contributed by atoms with Crippen LogP contribution in [-0.2, 0) is 4.79 Å². The summed E-state index contributed by atoms with van der Waals surface area (Å²) in [5.74, 6) is 1.58. The number of likely N-dealkylation sites (N-methyl/N-ethyl adjacent to an activating group) is 1. The summed E-state index contributed by atoms with van der Waals surface area (Å²) in [6.45, 7) is 0.113. The van der Waals surface area contributed by atoms with Gasteiger partial charge in [-0.3, -0.25) is 9.69 Å². The van der Waals surface area contributed by atoms with Crippen molar-refractivity contribution < 1.29 is 19.4 Å². The van der Waals surface area contributed by atoms with E-state index in [1.165, 1.54) is 28.8 Å². The third kappa shape index (κ3) is 4.80. The molecule has 1 aliphatic heterocycles. The maximum Gasteiger partial charge on any atom is 0.335 e. The van der Waals surface area contributed by atoms with Crippen LogP contribution in [0.25, 0.3) is 6.08 Å². The highest BCUT2D eigenvalue weighted by Gasteiger charge is 2.30. The second kappa shape index (κ2) is 8.86. The van der Waals surface area contributed by atoms with Crippen LogP contribution < -0.4 is 4.74 Å². The van der Waals surface area contributed by atoms with Crippen LogP contribution in [0.1, 0.15) is 15.9 Å². The van der Waals surface area contributed by atoms with Gasteiger partial charge in [-0.15, -0.1) is 6.42 Å². The molecule has 0 aliphatic carbocycles. The van der Waals surface area contributed by atoms with Crippen LogP contribution in [0.4, 0.5) is 5.69 Å². The minimum atomic E-state index is -1.04. The van der Waals surface area contributed by atoms with E-state index in [2.05, 4.69) is 10.9 Å². The number of rotatable bonds is 5. The number of hydrogen-bond donors (Lipinski definition) is 1. The van der Waals surface area contributed by atoms with Crippen LogP contribution in [0, 0.1) is 12.3 Å². The zero-order chi connectivity index (χ0) is 21.0. The van der Waals surface area contributed by atoms with Crippen LogP contribution in [0.3, 0.4) is 0 Å². The van der Waals surface area contributed by atoms with E-state index < -0.39 is 5.97 Å². The van der Waals surface area contributed by atoms with Crippen LogP contribution in [-0.4, -0.2) is 40.7 Å². The van der Waals surface area contributed by atoms with Crippen molar-refractivity contribution in [2.24, 2.45) is 4.99 Å². The van der Waals surface area contributed by atoms with Gasteiger partial charge in [0.15, 0.2) is 5.17 Å².